The number of sulfonamides is 1. The zero-order valence-corrected chi connectivity index (χ0v) is 16.0. The van der Waals surface area contributed by atoms with Crippen LogP contribution in [-0.2, 0) is 14.8 Å². The van der Waals surface area contributed by atoms with Crippen molar-refractivity contribution in [3.63, 3.8) is 0 Å². The van der Waals surface area contributed by atoms with Crippen LogP contribution in [0.3, 0.4) is 0 Å². The van der Waals surface area contributed by atoms with Gasteiger partial charge in [-0.2, -0.15) is 4.31 Å². The topological polar surface area (TPSA) is 66.5 Å². The molecule has 1 amide bonds. The Morgan fingerprint density at radius 2 is 1.88 bits per heavy atom. The van der Waals surface area contributed by atoms with E-state index in [1.807, 2.05) is 6.92 Å². The molecule has 1 atom stereocenters. The van der Waals surface area contributed by atoms with Crippen LogP contribution in [0.2, 0.25) is 0 Å². The first-order chi connectivity index (χ1) is 11.4. The van der Waals surface area contributed by atoms with Crippen molar-refractivity contribution in [1.29, 1.82) is 0 Å². The van der Waals surface area contributed by atoms with Crippen LogP contribution in [0.1, 0.15) is 39.5 Å². The van der Waals surface area contributed by atoms with Crippen LogP contribution in [0.15, 0.2) is 34.1 Å². The number of carbonyl (C=O) groups is 1. The van der Waals surface area contributed by atoms with E-state index in [-0.39, 0.29) is 11.9 Å². The number of rotatable bonds is 8. The molecule has 24 heavy (non-hydrogen) atoms. The Kier molecular flexibility index (Phi) is 7.13. The van der Waals surface area contributed by atoms with Gasteiger partial charge in [0.05, 0.1) is 10.6 Å². The molecule has 0 unspecified atom stereocenters. The molecule has 1 aromatic carbocycles. The molecule has 1 aliphatic heterocycles. The van der Waals surface area contributed by atoms with Crippen LogP contribution in [0.25, 0.3) is 0 Å². The van der Waals surface area contributed by atoms with Gasteiger partial charge in [0.15, 0.2) is 0 Å². The van der Waals surface area contributed by atoms with Crippen molar-refractivity contribution in [2.75, 3.05) is 18.8 Å². The summed E-state index contributed by atoms with van der Waals surface area (Å²) in [5.74, 6) is 0.349. The number of nitrogens with zero attached hydrogens (tertiary/aromatic N) is 1. The van der Waals surface area contributed by atoms with E-state index in [2.05, 4.69) is 12.2 Å². The summed E-state index contributed by atoms with van der Waals surface area (Å²) in [6, 6.07) is 7.00. The van der Waals surface area contributed by atoms with Crippen molar-refractivity contribution in [2.45, 2.75) is 55.4 Å². The summed E-state index contributed by atoms with van der Waals surface area (Å²) in [6.07, 6.45) is 3.87. The van der Waals surface area contributed by atoms with Crippen molar-refractivity contribution in [1.82, 2.24) is 9.62 Å². The summed E-state index contributed by atoms with van der Waals surface area (Å²) >= 11 is 1.42. The standard InChI is InChI=1S/C17H26N2O3S2/c1-3-6-14(2)18-17(20)13-23-15-7-9-16(10-8-15)24(21,22)19-11-4-5-12-19/h7-10,14H,3-6,11-13H2,1-2H3,(H,18,20)/t14-/m0/s1. The Morgan fingerprint density at radius 3 is 2.46 bits per heavy atom. The van der Waals surface area contributed by atoms with Crippen LogP contribution in [0.5, 0.6) is 0 Å². The minimum atomic E-state index is -3.36. The average molecular weight is 371 g/mol. The summed E-state index contributed by atoms with van der Waals surface area (Å²) in [5.41, 5.74) is 0. The number of thioether (sulfide) groups is 1. The third kappa shape index (κ3) is 5.22. The second-order valence-corrected chi connectivity index (χ2v) is 9.12. The summed E-state index contributed by atoms with van der Waals surface area (Å²) in [7, 11) is -3.36. The van der Waals surface area contributed by atoms with Gasteiger partial charge < -0.3 is 5.32 Å². The van der Waals surface area contributed by atoms with Gasteiger partial charge in [0, 0.05) is 24.0 Å². The monoisotopic (exact) mass is 370 g/mol. The fourth-order valence-electron chi connectivity index (χ4n) is 2.76. The molecule has 0 spiro atoms. The molecular weight excluding hydrogens is 344 g/mol. The molecule has 1 saturated heterocycles. The molecular formula is C17H26N2O3S2. The first-order valence-corrected chi connectivity index (χ1v) is 10.9. The van der Waals surface area contributed by atoms with Gasteiger partial charge in [0.25, 0.3) is 0 Å². The van der Waals surface area contributed by atoms with E-state index in [0.717, 1.165) is 30.6 Å². The number of hydrogen-bond donors (Lipinski definition) is 1. The average Bonchev–Trinajstić information content (AvgIpc) is 3.09. The number of amides is 1. The van der Waals surface area contributed by atoms with E-state index in [1.165, 1.54) is 16.1 Å². The van der Waals surface area contributed by atoms with Crippen LogP contribution < -0.4 is 5.32 Å². The minimum absolute atomic E-state index is 0.00900. The van der Waals surface area contributed by atoms with Crippen LogP contribution >= 0.6 is 11.8 Å². The molecule has 1 heterocycles. The van der Waals surface area contributed by atoms with Gasteiger partial charge in [0.2, 0.25) is 15.9 Å². The third-order valence-corrected chi connectivity index (χ3v) is 6.95. The van der Waals surface area contributed by atoms with Crippen molar-refractivity contribution in [3.05, 3.63) is 24.3 Å². The number of nitrogens with one attached hydrogen (secondary N) is 1. The second-order valence-electron chi connectivity index (χ2n) is 6.13. The molecule has 1 aliphatic rings. The van der Waals surface area contributed by atoms with E-state index in [9.17, 15) is 13.2 Å². The highest BCUT2D eigenvalue weighted by molar-refractivity contribution is 8.00. The summed E-state index contributed by atoms with van der Waals surface area (Å²) < 4.78 is 26.4. The third-order valence-electron chi connectivity index (χ3n) is 4.03. The maximum Gasteiger partial charge on any atom is 0.243 e. The normalized spacial score (nSPS) is 16.9. The Bertz CT molecular complexity index is 638. The maximum atomic E-state index is 12.4. The molecule has 0 bridgehead atoms. The van der Waals surface area contributed by atoms with E-state index in [1.54, 1.807) is 24.3 Å². The predicted molar refractivity (Wildman–Crippen MR) is 97.7 cm³/mol. The van der Waals surface area contributed by atoms with Crippen molar-refractivity contribution < 1.29 is 13.2 Å². The van der Waals surface area contributed by atoms with Crippen molar-refractivity contribution in [2.24, 2.45) is 0 Å². The lowest BCUT2D eigenvalue weighted by Crippen LogP contribution is -2.33. The summed E-state index contributed by atoms with van der Waals surface area (Å²) in [6.45, 7) is 5.31. The Balaban J connectivity index is 1.89. The molecule has 0 radical (unpaired) electrons. The van der Waals surface area contributed by atoms with E-state index < -0.39 is 10.0 Å². The quantitative estimate of drug-likeness (QED) is 0.715. The molecule has 134 valence electrons. The molecule has 1 N–H and O–H groups in total. The predicted octanol–water partition coefficient (Wildman–Crippen LogP) is 2.87. The zero-order chi connectivity index (χ0) is 17.6. The molecule has 0 aliphatic carbocycles. The lowest BCUT2D eigenvalue weighted by atomic mass is 10.2. The number of hydrogen-bond acceptors (Lipinski definition) is 4. The van der Waals surface area contributed by atoms with Crippen LogP contribution in [-0.4, -0.2) is 43.5 Å². The smallest absolute Gasteiger partial charge is 0.243 e. The number of carbonyl (C=O) groups excluding carboxylic acids is 1. The summed E-state index contributed by atoms with van der Waals surface area (Å²) in [5, 5.41) is 2.96. The molecule has 2 rings (SSSR count). The zero-order valence-electron chi connectivity index (χ0n) is 14.3. The second kappa shape index (κ2) is 8.87. The van der Waals surface area contributed by atoms with Gasteiger partial charge in [-0.3, -0.25) is 4.79 Å². The Hall–Kier alpha value is -1.05. The van der Waals surface area contributed by atoms with E-state index in [0.29, 0.717) is 23.7 Å². The molecule has 1 aromatic rings. The summed E-state index contributed by atoms with van der Waals surface area (Å²) in [4.78, 5) is 13.1. The first kappa shape index (κ1) is 19.3. The van der Waals surface area contributed by atoms with Gasteiger partial charge in [-0.05, 0) is 50.5 Å². The van der Waals surface area contributed by atoms with Gasteiger partial charge >= 0.3 is 0 Å². The van der Waals surface area contributed by atoms with Gasteiger partial charge in [-0.15, -0.1) is 11.8 Å². The van der Waals surface area contributed by atoms with Crippen molar-refractivity contribution in [3.8, 4) is 0 Å². The molecule has 7 heteroatoms. The molecule has 1 fully saturated rings. The van der Waals surface area contributed by atoms with Gasteiger partial charge in [-0.25, -0.2) is 8.42 Å². The first-order valence-electron chi connectivity index (χ1n) is 8.46. The Labute approximate surface area is 149 Å². The lowest BCUT2D eigenvalue weighted by Gasteiger charge is -2.15. The SMILES string of the molecule is CCC[C@H](C)NC(=O)CSc1ccc(S(=O)(=O)N2CCCC2)cc1. The highest BCUT2D eigenvalue weighted by atomic mass is 32.2. The van der Waals surface area contributed by atoms with E-state index in [4.69, 9.17) is 0 Å². The largest absolute Gasteiger partial charge is 0.353 e. The van der Waals surface area contributed by atoms with E-state index >= 15 is 0 Å². The molecule has 0 saturated carbocycles. The van der Waals surface area contributed by atoms with Crippen LogP contribution in [0, 0.1) is 0 Å². The van der Waals surface area contributed by atoms with Crippen LogP contribution in [0.4, 0.5) is 0 Å². The molecule has 0 aromatic heterocycles. The number of benzene rings is 1. The maximum absolute atomic E-state index is 12.4. The molecule has 5 nitrogen and oxygen atoms in total. The lowest BCUT2D eigenvalue weighted by molar-refractivity contribution is -0.119. The highest BCUT2D eigenvalue weighted by Crippen LogP contribution is 2.24. The Morgan fingerprint density at radius 1 is 1.25 bits per heavy atom. The highest BCUT2D eigenvalue weighted by Gasteiger charge is 2.26. The fraction of sp³-hybridized carbons (Fsp3) is 0.588. The fourth-order valence-corrected chi connectivity index (χ4v) is 4.98. The van der Waals surface area contributed by atoms with Crippen molar-refractivity contribution >= 4 is 27.7 Å². The van der Waals surface area contributed by atoms with Gasteiger partial charge in [-0.1, -0.05) is 13.3 Å². The van der Waals surface area contributed by atoms with Gasteiger partial charge in [0.1, 0.15) is 0 Å². The minimum Gasteiger partial charge on any atom is -0.353 e.